The van der Waals surface area contributed by atoms with Crippen molar-refractivity contribution in [2.45, 2.75) is 26.3 Å². The van der Waals surface area contributed by atoms with Gasteiger partial charge in [-0.1, -0.05) is 13.3 Å². The average molecular weight is 329 g/mol. The standard InChI is InChI=1S/C18H23N3O3/c1-4-5-12-20(2)18(23)13-21-17(22)11-10-16(19-21)14-6-8-15(24-3)9-7-14/h6-11H,4-5,12-13H2,1-3H3. The Morgan fingerprint density at radius 2 is 1.92 bits per heavy atom. The molecule has 2 aromatic rings. The SMILES string of the molecule is CCCCN(C)C(=O)Cn1nc(-c2ccc(OC)cc2)ccc1=O. The highest BCUT2D eigenvalue weighted by atomic mass is 16.5. The summed E-state index contributed by atoms with van der Waals surface area (Å²) < 4.78 is 6.35. The van der Waals surface area contributed by atoms with Gasteiger partial charge in [0.25, 0.3) is 5.56 Å². The second-order valence-electron chi connectivity index (χ2n) is 5.61. The number of carbonyl (C=O) groups excluding carboxylic acids is 1. The number of carbonyl (C=O) groups is 1. The molecule has 1 aromatic heterocycles. The minimum absolute atomic E-state index is 0.0525. The Morgan fingerprint density at radius 1 is 1.21 bits per heavy atom. The van der Waals surface area contributed by atoms with Gasteiger partial charge >= 0.3 is 0 Å². The smallest absolute Gasteiger partial charge is 0.267 e. The van der Waals surface area contributed by atoms with Crippen molar-refractivity contribution >= 4 is 5.91 Å². The molecule has 2 rings (SSSR count). The van der Waals surface area contributed by atoms with E-state index < -0.39 is 0 Å². The number of amides is 1. The Bertz CT molecular complexity index is 738. The first-order valence-electron chi connectivity index (χ1n) is 8.01. The first kappa shape index (κ1) is 17.7. The number of hydrogen-bond donors (Lipinski definition) is 0. The second kappa shape index (κ2) is 8.29. The molecule has 128 valence electrons. The number of benzene rings is 1. The molecule has 24 heavy (non-hydrogen) atoms. The highest BCUT2D eigenvalue weighted by molar-refractivity contribution is 5.75. The zero-order valence-electron chi connectivity index (χ0n) is 14.4. The Balaban J connectivity index is 2.18. The summed E-state index contributed by atoms with van der Waals surface area (Å²) in [5.41, 5.74) is 1.21. The molecule has 0 saturated carbocycles. The van der Waals surface area contributed by atoms with Crippen LogP contribution in [0.5, 0.6) is 5.75 Å². The van der Waals surface area contributed by atoms with Gasteiger partial charge < -0.3 is 9.64 Å². The van der Waals surface area contributed by atoms with Gasteiger partial charge in [0.2, 0.25) is 5.91 Å². The molecule has 0 unspecified atom stereocenters. The monoisotopic (exact) mass is 329 g/mol. The molecular weight excluding hydrogens is 306 g/mol. The number of methoxy groups -OCH3 is 1. The van der Waals surface area contributed by atoms with E-state index in [1.54, 1.807) is 25.1 Å². The molecule has 0 atom stereocenters. The zero-order valence-corrected chi connectivity index (χ0v) is 14.4. The van der Waals surface area contributed by atoms with Crippen LogP contribution in [0, 0.1) is 0 Å². The van der Waals surface area contributed by atoms with E-state index in [1.165, 1.54) is 10.7 Å². The van der Waals surface area contributed by atoms with Gasteiger partial charge in [0, 0.05) is 25.2 Å². The quantitative estimate of drug-likeness (QED) is 0.781. The number of ether oxygens (including phenoxy) is 1. The van der Waals surface area contributed by atoms with Crippen LogP contribution in [0.25, 0.3) is 11.3 Å². The van der Waals surface area contributed by atoms with Crippen molar-refractivity contribution in [3.8, 4) is 17.0 Å². The molecule has 0 radical (unpaired) electrons. The van der Waals surface area contributed by atoms with Crippen molar-refractivity contribution in [1.29, 1.82) is 0 Å². The summed E-state index contributed by atoms with van der Waals surface area (Å²) in [5, 5.41) is 4.32. The Hall–Kier alpha value is -2.63. The number of likely N-dealkylation sites (N-methyl/N-ethyl adjacent to an activating group) is 1. The highest BCUT2D eigenvalue weighted by Gasteiger charge is 2.12. The number of rotatable bonds is 7. The molecule has 1 heterocycles. The van der Waals surface area contributed by atoms with Gasteiger partial charge in [-0.2, -0.15) is 5.10 Å². The Kier molecular flexibility index (Phi) is 6.12. The molecule has 1 aromatic carbocycles. The summed E-state index contributed by atoms with van der Waals surface area (Å²) >= 11 is 0. The van der Waals surface area contributed by atoms with Gasteiger partial charge in [0.1, 0.15) is 12.3 Å². The van der Waals surface area contributed by atoms with Gasteiger partial charge in [0.15, 0.2) is 0 Å². The van der Waals surface area contributed by atoms with Gasteiger partial charge in [-0.15, -0.1) is 0 Å². The summed E-state index contributed by atoms with van der Waals surface area (Å²) in [5.74, 6) is 0.629. The zero-order chi connectivity index (χ0) is 17.5. The van der Waals surface area contributed by atoms with Crippen molar-refractivity contribution < 1.29 is 9.53 Å². The van der Waals surface area contributed by atoms with Crippen molar-refractivity contribution in [2.24, 2.45) is 0 Å². The van der Waals surface area contributed by atoms with Gasteiger partial charge in [-0.25, -0.2) is 4.68 Å². The molecule has 0 aliphatic carbocycles. The van der Waals surface area contributed by atoms with Gasteiger partial charge in [-0.3, -0.25) is 9.59 Å². The lowest BCUT2D eigenvalue weighted by atomic mass is 10.1. The lowest BCUT2D eigenvalue weighted by molar-refractivity contribution is -0.130. The number of unbranched alkanes of at least 4 members (excludes halogenated alkanes) is 1. The molecule has 0 spiro atoms. The fraction of sp³-hybridized carbons (Fsp3) is 0.389. The van der Waals surface area contributed by atoms with E-state index >= 15 is 0 Å². The fourth-order valence-electron chi connectivity index (χ4n) is 2.25. The largest absolute Gasteiger partial charge is 0.497 e. The van der Waals surface area contributed by atoms with E-state index in [0.717, 1.165) is 24.2 Å². The number of hydrogen-bond acceptors (Lipinski definition) is 4. The predicted molar refractivity (Wildman–Crippen MR) is 93.0 cm³/mol. The summed E-state index contributed by atoms with van der Waals surface area (Å²) in [6.07, 6.45) is 1.96. The molecule has 6 nitrogen and oxygen atoms in total. The molecule has 0 aliphatic rings. The predicted octanol–water partition coefficient (Wildman–Crippen LogP) is 2.18. The third-order valence-electron chi connectivity index (χ3n) is 3.81. The van der Waals surface area contributed by atoms with Crippen LogP contribution in [0.1, 0.15) is 19.8 Å². The van der Waals surface area contributed by atoms with Crippen molar-refractivity contribution in [1.82, 2.24) is 14.7 Å². The van der Waals surface area contributed by atoms with Crippen molar-refractivity contribution in [2.75, 3.05) is 20.7 Å². The Labute approximate surface area is 141 Å². The minimum atomic E-state index is -0.287. The van der Waals surface area contributed by atoms with Crippen LogP contribution in [0.2, 0.25) is 0 Å². The van der Waals surface area contributed by atoms with Crippen LogP contribution in [0.3, 0.4) is 0 Å². The summed E-state index contributed by atoms with van der Waals surface area (Å²) in [4.78, 5) is 25.8. The maximum Gasteiger partial charge on any atom is 0.267 e. The van der Waals surface area contributed by atoms with E-state index in [9.17, 15) is 9.59 Å². The first-order chi connectivity index (χ1) is 11.5. The number of aromatic nitrogens is 2. The summed E-state index contributed by atoms with van der Waals surface area (Å²) in [6.45, 7) is 2.70. The minimum Gasteiger partial charge on any atom is -0.497 e. The molecule has 0 saturated heterocycles. The molecule has 1 amide bonds. The van der Waals surface area contributed by atoms with Crippen molar-refractivity contribution in [3.63, 3.8) is 0 Å². The van der Waals surface area contributed by atoms with Crippen LogP contribution in [0.15, 0.2) is 41.2 Å². The summed E-state index contributed by atoms with van der Waals surface area (Å²) in [6, 6.07) is 10.5. The lowest BCUT2D eigenvalue weighted by Crippen LogP contribution is -2.35. The topological polar surface area (TPSA) is 64.4 Å². The Morgan fingerprint density at radius 3 is 2.54 bits per heavy atom. The fourth-order valence-corrected chi connectivity index (χ4v) is 2.25. The molecular formula is C18H23N3O3. The van der Waals surface area contributed by atoms with Crippen LogP contribution in [0.4, 0.5) is 0 Å². The van der Waals surface area contributed by atoms with Gasteiger partial charge in [0.05, 0.1) is 12.8 Å². The van der Waals surface area contributed by atoms with E-state index in [-0.39, 0.29) is 18.0 Å². The molecule has 6 heteroatoms. The van der Waals surface area contributed by atoms with Crippen LogP contribution in [-0.2, 0) is 11.3 Å². The van der Waals surface area contributed by atoms with Crippen LogP contribution < -0.4 is 10.3 Å². The van der Waals surface area contributed by atoms with E-state index in [1.807, 2.05) is 24.3 Å². The van der Waals surface area contributed by atoms with E-state index in [0.29, 0.717) is 12.2 Å². The summed E-state index contributed by atoms with van der Waals surface area (Å²) in [7, 11) is 3.35. The van der Waals surface area contributed by atoms with E-state index in [4.69, 9.17) is 4.74 Å². The van der Waals surface area contributed by atoms with Crippen LogP contribution in [-0.4, -0.2) is 41.3 Å². The van der Waals surface area contributed by atoms with Crippen molar-refractivity contribution in [3.05, 3.63) is 46.8 Å². The van der Waals surface area contributed by atoms with Crippen LogP contribution >= 0.6 is 0 Å². The maximum atomic E-state index is 12.2. The normalized spacial score (nSPS) is 10.5. The first-order valence-corrected chi connectivity index (χ1v) is 8.01. The van der Waals surface area contributed by atoms with Gasteiger partial charge in [-0.05, 0) is 36.8 Å². The molecule has 0 N–H and O–H groups in total. The third-order valence-corrected chi connectivity index (χ3v) is 3.81. The third kappa shape index (κ3) is 4.44. The molecule has 0 bridgehead atoms. The van der Waals surface area contributed by atoms with E-state index in [2.05, 4.69) is 12.0 Å². The lowest BCUT2D eigenvalue weighted by Gasteiger charge is -2.17. The molecule has 0 aliphatic heterocycles. The maximum absolute atomic E-state index is 12.2. The molecule has 0 fully saturated rings. The number of nitrogens with zero attached hydrogens (tertiary/aromatic N) is 3. The average Bonchev–Trinajstić information content (AvgIpc) is 2.61. The highest BCUT2D eigenvalue weighted by Crippen LogP contribution is 2.19. The second-order valence-corrected chi connectivity index (χ2v) is 5.61.